The number of nitrogens with two attached hydrogens (primary N) is 2. The summed E-state index contributed by atoms with van der Waals surface area (Å²) in [4.78, 5) is 11.9. The molecule has 4 N–H and O–H groups in total. The Hall–Kier alpha value is -1.90. The van der Waals surface area contributed by atoms with Crippen LogP contribution in [-0.4, -0.2) is 29.7 Å². The molecule has 0 radical (unpaired) electrons. The molecule has 106 valence electrons. The SMILES string of the molecule is Nc1nc(N)nc(CSc2nnc3n2CCCCC3)n1. The van der Waals surface area contributed by atoms with Crippen molar-refractivity contribution in [3.8, 4) is 0 Å². The molecule has 0 saturated heterocycles. The fourth-order valence-electron chi connectivity index (χ4n) is 2.22. The van der Waals surface area contributed by atoms with Crippen LogP contribution >= 0.6 is 11.8 Å². The highest BCUT2D eigenvalue weighted by molar-refractivity contribution is 7.98. The molecule has 9 heteroatoms. The van der Waals surface area contributed by atoms with Crippen LogP contribution in [0.1, 0.15) is 30.9 Å². The van der Waals surface area contributed by atoms with Crippen LogP contribution < -0.4 is 11.5 Å². The van der Waals surface area contributed by atoms with Crippen molar-refractivity contribution < 1.29 is 0 Å². The third kappa shape index (κ3) is 2.82. The lowest BCUT2D eigenvalue weighted by atomic mass is 10.2. The topological polar surface area (TPSA) is 121 Å². The zero-order chi connectivity index (χ0) is 13.9. The highest BCUT2D eigenvalue weighted by atomic mass is 32.2. The lowest BCUT2D eigenvalue weighted by Crippen LogP contribution is -2.06. The van der Waals surface area contributed by atoms with Crippen LogP contribution in [0.3, 0.4) is 0 Å². The average molecular weight is 292 g/mol. The minimum absolute atomic E-state index is 0.146. The van der Waals surface area contributed by atoms with Crippen LogP contribution in [0.15, 0.2) is 5.16 Å². The third-order valence-corrected chi connectivity index (χ3v) is 4.09. The molecule has 3 heterocycles. The zero-order valence-electron chi connectivity index (χ0n) is 11.0. The van der Waals surface area contributed by atoms with E-state index >= 15 is 0 Å². The number of rotatable bonds is 3. The van der Waals surface area contributed by atoms with Gasteiger partial charge in [-0.3, -0.25) is 0 Å². The predicted octanol–water partition coefficient (Wildman–Crippen LogP) is 0.646. The Kier molecular flexibility index (Phi) is 3.68. The molecule has 0 aliphatic carbocycles. The predicted molar refractivity (Wildman–Crippen MR) is 75.8 cm³/mol. The van der Waals surface area contributed by atoms with E-state index in [2.05, 4.69) is 29.7 Å². The summed E-state index contributed by atoms with van der Waals surface area (Å²) in [6.45, 7) is 0.978. The largest absolute Gasteiger partial charge is 0.368 e. The van der Waals surface area contributed by atoms with E-state index in [-0.39, 0.29) is 11.9 Å². The minimum Gasteiger partial charge on any atom is -0.368 e. The van der Waals surface area contributed by atoms with Gasteiger partial charge in [0, 0.05) is 13.0 Å². The average Bonchev–Trinajstić information content (AvgIpc) is 2.63. The van der Waals surface area contributed by atoms with Crippen molar-refractivity contribution in [2.45, 2.75) is 43.1 Å². The molecule has 8 nitrogen and oxygen atoms in total. The van der Waals surface area contributed by atoms with Gasteiger partial charge >= 0.3 is 0 Å². The third-order valence-electron chi connectivity index (χ3n) is 3.12. The summed E-state index contributed by atoms with van der Waals surface area (Å²) in [6, 6.07) is 0. The molecule has 20 heavy (non-hydrogen) atoms. The first-order valence-electron chi connectivity index (χ1n) is 6.53. The Bertz CT molecular complexity index is 590. The van der Waals surface area contributed by atoms with Crippen molar-refractivity contribution in [1.29, 1.82) is 0 Å². The first kappa shape index (κ1) is 13.1. The van der Waals surface area contributed by atoms with Gasteiger partial charge in [0.1, 0.15) is 11.6 Å². The lowest BCUT2D eigenvalue weighted by molar-refractivity contribution is 0.591. The van der Waals surface area contributed by atoms with E-state index in [0.717, 1.165) is 23.9 Å². The van der Waals surface area contributed by atoms with Gasteiger partial charge in [0.05, 0.1) is 5.75 Å². The van der Waals surface area contributed by atoms with E-state index in [9.17, 15) is 0 Å². The Balaban J connectivity index is 1.73. The molecule has 0 unspecified atom stereocenters. The summed E-state index contributed by atoms with van der Waals surface area (Å²) >= 11 is 1.55. The molecule has 0 aromatic carbocycles. The number of nitrogens with zero attached hydrogens (tertiary/aromatic N) is 6. The second-order valence-electron chi connectivity index (χ2n) is 4.62. The van der Waals surface area contributed by atoms with Gasteiger partial charge in [-0.2, -0.15) is 15.0 Å². The van der Waals surface area contributed by atoms with Gasteiger partial charge in [0.2, 0.25) is 11.9 Å². The van der Waals surface area contributed by atoms with E-state index < -0.39 is 0 Å². The molecule has 0 saturated carbocycles. The van der Waals surface area contributed by atoms with Crippen LogP contribution in [0, 0.1) is 0 Å². The van der Waals surface area contributed by atoms with Gasteiger partial charge in [0.25, 0.3) is 0 Å². The van der Waals surface area contributed by atoms with Gasteiger partial charge in [-0.05, 0) is 12.8 Å². The number of thioether (sulfide) groups is 1. The van der Waals surface area contributed by atoms with Gasteiger partial charge in [-0.25, -0.2) is 0 Å². The molecular formula is C11H16N8S. The van der Waals surface area contributed by atoms with Gasteiger partial charge in [0.15, 0.2) is 5.16 Å². The number of nitrogen functional groups attached to an aromatic ring is 2. The Labute approximate surface area is 120 Å². The molecule has 1 aliphatic heterocycles. The fraction of sp³-hybridized carbons (Fsp3) is 0.545. The summed E-state index contributed by atoms with van der Waals surface area (Å²) in [6.07, 6.45) is 4.60. The summed E-state index contributed by atoms with van der Waals surface area (Å²) in [5, 5.41) is 9.40. The molecule has 0 fully saturated rings. The van der Waals surface area contributed by atoms with E-state index in [4.69, 9.17) is 11.5 Å². The Morgan fingerprint density at radius 2 is 1.80 bits per heavy atom. The zero-order valence-corrected chi connectivity index (χ0v) is 11.8. The summed E-state index contributed by atoms with van der Waals surface area (Å²) in [5.74, 6) is 2.47. The molecule has 0 amide bonds. The van der Waals surface area contributed by atoms with Crippen molar-refractivity contribution in [2.75, 3.05) is 11.5 Å². The number of anilines is 2. The van der Waals surface area contributed by atoms with Crippen LogP contribution in [0.2, 0.25) is 0 Å². The molecule has 1 aliphatic rings. The van der Waals surface area contributed by atoms with Crippen molar-refractivity contribution in [3.05, 3.63) is 11.6 Å². The molecule has 2 aromatic heterocycles. The van der Waals surface area contributed by atoms with Crippen LogP contribution in [-0.2, 0) is 18.7 Å². The van der Waals surface area contributed by atoms with Gasteiger partial charge in [-0.15, -0.1) is 10.2 Å². The van der Waals surface area contributed by atoms with E-state index in [1.54, 1.807) is 11.8 Å². The summed E-state index contributed by atoms with van der Waals surface area (Å²) in [7, 11) is 0. The standard InChI is InChI=1S/C11H16N8S/c12-9-14-7(15-10(13)16-9)6-20-11-18-17-8-4-2-1-3-5-19(8)11/h1-6H2,(H4,12,13,14,15,16). The smallest absolute Gasteiger partial charge is 0.225 e. The van der Waals surface area contributed by atoms with Crippen molar-refractivity contribution in [2.24, 2.45) is 0 Å². The van der Waals surface area contributed by atoms with Crippen LogP contribution in [0.25, 0.3) is 0 Å². The van der Waals surface area contributed by atoms with E-state index in [1.165, 1.54) is 19.3 Å². The first-order valence-corrected chi connectivity index (χ1v) is 7.52. The maximum absolute atomic E-state index is 5.56. The molecular weight excluding hydrogens is 276 g/mol. The van der Waals surface area contributed by atoms with Crippen molar-refractivity contribution in [3.63, 3.8) is 0 Å². The van der Waals surface area contributed by atoms with Crippen molar-refractivity contribution in [1.82, 2.24) is 29.7 Å². The van der Waals surface area contributed by atoms with Gasteiger partial charge < -0.3 is 16.0 Å². The Morgan fingerprint density at radius 3 is 2.60 bits per heavy atom. The molecule has 0 bridgehead atoms. The van der Waals surface area contributed by atoms with Crippen LogP contribution in [0.4, 0.5) is 11.9 Å². The minimum atomic E-state index is 0.146. The highest BCUT2D eigenvalue weighted by Gasteiger charge is 2.15. The van der Waals surface area contributed by atoms with Crippen LogP contribution in [0.5, 0.6) is 0 Å². The maximum atomic E-state index is 5.56. The summed E-state index contributed by atoms with van der Waals surface area (Å²) < 4.78 is 2.19. The lowest BCUT2D eigenvalue weighted by Gasteiger charge is -2.06. The molecule has 2 aromatic rings. The highest BCUT2D eigenvalue weighted by Crippen LogP contribution is 2.24. The molecule has 3 rings (SSSR count). The maximum Gasteiger partial charge on any atom is 0.225 e. The fourth-order valence-corrected chi connectivity index (χ4v) is 3.05. The number of fused-ring (bicyclic) bond motifs is 1. The quantitative estimate of drug-likeness (QED) is 0.791. The summed E-state index contributed by atoms with van der Waals surface area (Å²) in [5.41, 5.74) is 11.1. The number of aromatic nitrogens is 6. The number of hydrogen-bond donors (Lipinski definition) is 2. The normalized spacial score (nSPS) is 14.8. The number of hydrogen-bond acceptors (Lipinski definition) is 8. The second-order valence-corrected chi connectivity index (χ2v) is 5.56. The van der Waals surface area contributed by atoms with Gasteiger partial charge in [-0.1, -0.05) is 18.2 Å². The van der Waals surface area contributed by atoms with E-state index in [1.807, 2.05) is 0 Å². The monoisotopic (exact) mass is 292 g/mol. The van der Waals surface area contributed by atoms with E-state index in [0.29, 0.717) is 11.6 Å². The first-order chi connectivity index (χ1) is 9.72. The van der Waals surface area contributed by atoms with Crippen molar-refractivity contribution >= 4 is 23.7 Å². The number of aryl methyl sites for hydroxylation is 1. The second kappa shape index (κ2) is 5.61. The Morgan fingerprint density at radius 1 is 1.00 bits per heavy atom. The molecule has 0 spiro atoms. The molecule has 0 atom stereocenters.